The van der Waals surface area contributed by atoms with Crippen LogP contribution in [-0.2, 0) is 9.59 Å². The van der Waals surface area contributed by atoms with Gasteiger partial charge >= 0.3 is 11.8 Å². The zero-order valence-corrected chi connectivity index (χ0v) is 18.7. The van der Waals surface area contributed by atoms with Crippen molar-refractivity contribution in [3.8, 4) is 17.2 Å². The van der Waals surface area contributed by atoms with Crippen LogP contribution in [0.15, 0.2) is 71.8 Å². The number of benzene rings is 3. The van der Waals surface area contributed by atoms with E-state index in [4.69, 9.17) is 14.2 Å². The predicted molar refractivity (Wildman–Crippen MR) is 129 cm³/mol. The third-order valence-corrected chi connectivity index (χ3v) is 4.83. The number of nitrogens with zero attached hydrogens (tertiary/aromatic N) is 1. The molecule has 0 unspecified atom stereocenters. The number of para-hydroxylation sites is 1. The molecule has 1 aliphatic rings. The third kappa shape index (κ3) is 5.93. The lowest BCUT2D eigenvalue weighted by molar-refractivity contribution is -0.136. The minimum absolute atomic E-state index is 0.145. The quantitative estimate of drug-likeness (QED) is 0.274. The van der Waals surface area contributed by atoms with Crippen LogP contribution in [0.2, 0.25) is 0 Å². The van der Waals surface area contributed by atoms with Crippen molar-refractivity contribution in [1.82, 2.24) is 5.43 Å². The Hall–Kier alpha value is -4.86. The van der Waals surface area contributed by atoms with Gasteiger partial charge in [-0.25, -0.2) is 5.43 Å². The molecule has 1 aliphatic heterocycles. The lowest BCUT2D eigenvalue weighted by Crippen LogP contribution is -2.33. The van der Waals surface area contributed by atoms with Crippen LogP contribution in [0.25, 0.3) is 0 Å². The molecule has 0 saturated heterocycles. The summed E-state index contributed by atoms with van der Waals surface area (Å²) in [5.74, 6) is -0.552. The van der Waals surface area contributed by atoms with Crippen molar-refractivity contribution in [2.45, 2.75) is 6.92 Å². The fraction of sp³-hybridized carbons (Fsp3) is 0.120. The number of hydrogen-bond acceptors (Lipinski definition) is 7. The summed E-state index contributed by atoms with van der Waals surface area (Å²) in [5, 5.41) is 8.99. The maximum atomic E-state index is 12.8. The lowest BCUT2D eigenvalue weighted by atomic mass is 10.1. The van der Waals surface area contributed by atoms with Gasteiger partial charge in [0, 0.05) is 5.69 Å². The number of rotatable bonds is 7. The normalized spacial score (nSPS) is 11.7. The van der Waals surface area contributed by atoms with E-state index in [2.05, 4.69) is 21.2 Å². The standard InChI is InChI=1S/C25H22N4O6/c1-2-33-18-10-8-17(9-11-18)27-23(30)19-5-3-4-6-20(19)28-24(31)25(32)29-26-14-16-7-12-21-22(13-16)35-15-34-21/h3-14H,2,15H2,1H3,(H,27,30)(H,28,31)(H,29,32). The summed E-state index contributed by atoms with van der Waals surface area (Å²) in [6.07, 6.45) is 1.37. The first-order valence-electron chi connectivity index (χ1n) is 10.7. The summed E-state index contributed by atoms with van der Waals surface area (Å²) in [4.78, 5) is 37.3. The Kier molecular flexibility index (Phi) is 7.22. The first-order valence-corrected chi connectivity index (χ1v) is 10.7. The lowest BCUT2D eigenvalue weighted by Gasteiger charge is -2.11. The van der Waals surface area contributed by atoms with E-state index in [9.17, 15) is 14.4 Å². The SMILES string of the molecule is CCOc1ccc(NC(=O)c2ccccc2NC(=O)C(=O)NN=Cc2ccc3c(c2)OCO3)cc1. The van der Waals surface area contributed by atoms with Gasteiger partial charge in [-0.15, -0.1) is 0 Å². The average molecular weight is 474 g/mol. The minimum Gasteiger partial charge on any atom is -0.494 e. The molecule has 0 atom stereocenters. The van der Waals surface area contributed by atoms with Crippen LogP contribution in [0.4, 0.5) is 11.4 Å². The highest BCUT2D eigenvalue weighted by atomic mass is 16.7. The Labute approximate surface area is 200 Å². The van der Waals surface area contributed by atoms with E-state index in [0.29, 0.717) is 35.1 Å². The summed E-state index contributed by atoms with van der Waals surface area (Å²) in [6.45, 7) is 2.56. The first kappa shape index (κ1) is 23.3. The molecule has 3 amide bonds. The molecule has 10 heteroatoms. The molecule has 4 rings (SSSR count). The van der Waals surface area contributed by atoms with E-state index in [1.165, 1.54) is 18.3 Å². The highest BCUT2D eigenvalue weighted by molar-refractivity contribution is 6.40. The van der Waals surface area contributed by atoms with Crippen molar-refractivity contribution >= 4 is 35.3 Å². The minimum atomic E-state index is -0.997. The van der Waals surface area contributed by atoms with E-state index in [-0.39, 0.29) is 18.0 Å². The molecule has 3 aromatic rings. The van der Waals surface area contributed by atoms with Crippen LogP contribution in [0, 0.1) is 0 Å². The Bertz CT molecular complexity index is 1270. The molecule has 178 valence electrons. The number of nitrogens with one attached hydrogen (secondary N) is 3. The van der Waals surface area contributed by atoms with Gasteiger partial charge in [0.1, 0.15) is 5.75 Å². The number of hydrogen-bond donors (Lipinski definition) is 3. The Morgan fingerprint density at radius 3 is 2.51 bits per heavy atom. The monoisotopic (exact) mass is 474 g/mol. The van der Waals surface area contributed by atoms with Crippen molar-refractivity contribution in [1.29, 1.82) is 0 Å². The van der Waals surface area contributed by atoms with Gasteiger partial charge in [0.15, 0.2) is 11.5 Å². The van der Waals surface area contributed by atoms with Crippen molar-refractivity contribution in [2.75, 3.05) is 24.0 Å². The molecule has 35 heavy (non-hydrogen) atoms. The van der Waals surface area contributed by atoms with Crippen molar-refractivity contribution in [3.05, 3.63) is 77.9 Å². The second-order valence-corrected chi connectivity index (χ2v) is 7.22. The number of fused-ring (bicyclic) bond motifs is 1. The predicted octanol–water partition coefficient (Wildman–Crippen LogP) is 3.16. The van der Waals surface area contributed by atoms with E-state index in [1.54, 1.807) is 54.6 Å². The van der Waals surface area contributed by atoms with Crippen LogP contribution in [0.5, 0.6) is 17.2 Å². The first-order chi connectivity index (χ1) is 17.0. The average Bonchev–Trinajstić information content (AvgIpc) is 3.33. The smallest absolute Gasteiger partial charge is 0.329 e. The fourth-order valence-corrected chi connectivity index (χ4v) is 3.18. The summed E-state index contributed by atoms with van der Waals surface area (Å²) < 4.78 is 15.9. The molecule has 0 saturated carbocycles. The molecule has 0 radical (unpaired) electrons. The van der Waals surface area contributed by atoms with Crippen LogP contribution < -0.4 is 30.3 Å². The molecule has 0 aromatic heterocycles. The van der Waals surface area contributed by atoms with Gasteiger partial charge in [0.25, 0.3) is 5.91 Å². The van der Waals surface area contributed by atoms with Gasteiger partial charge in [-0.2, -0.15) is 5.10 Å². The maximum absolute atomic E-state index is 12.8. The highest BCUT2D eigenvalue weighted by Gasteiger charge is 2.18. The highest BCUT2D eigenvalue weighted by Crippen LogP contribution is 2.32. The van der Waals surface area contributed by atoms with Crippen molar-refractivity contribution < 1.29 is 28.6 Å². The van der Waals surface area contributed by atoms with Gasteiger partial charge in [-0.05, 0) is 67.1 Å². The molecule has 3 aromatic carbocycles. The van der Waals surface area contributed by atoms with Crippen LogP contribution >= 0.6 is 0 Å². The Balaban J connectivity index is 1.35. The molecular weight excluding hydrogens is 452 g/mol. The number of amides is 3. The zero-order chi connectivity index (χ0) is 24.6. The van der Waals surface area contributed by atoms with Gasteiger partial charge < -0.3 is 24.8 Å². The number of carbonyl (C=O) groups is 3. The summed E-state index contributed by atoms with van der Waals surface area (Å²) in [6, 6.07) is 18.4. The second-order valence-electron chi connectivity index (χ2n) is 7.22. The molecule has 0 bridgehead atoms. The van der Waals surface area contributed by atoms with Gasteiger partial charge in [-0.1, -0.05) is 12.1 Å². The number of ether oxygens (including phenoxy) is 3. The van der Waals surface area contributed by atoms with Gasteiger partial charge in [-0.3, -0.25) is 14.4 Å². The van der Waals surface area contributed by atoms with Crippen molar-refractivity contribution in [3.63, 3.8) is 0 Å². The molecule has 10 nitrogen and oxygen atoms in total. The Morgan fingerprint density at radius 1 is 0.943 bits per heavy atom. The number of hydrazone groups is 1. The summed E-state index contributed by atoms with van der Waals surface area (Å²) >= 11 is 0. The summed E-state index contributed by atoms with van der Waals surface area (Å²) in [5.41, 5.74) is 3.72. The maximum Gasteiger partial charge on any atom is 0.329 e. The van der Waals surface area contributed by atoms with Gasteiger partial charge in [0.05, 0.1) is 24.1 Å². The largest absolute Gasteiger partial charge is 0.494 e. The zero-order valence-electron chi connectivity index (χ0n) is 18.7. The molecule has 0 fully saturated rings. The summed E-state index contributed by atoms with van der Waals surface area (Å²) in [7, 11) is 0. The van der Waals surface area contributed by atoms with E-state index in [1.807, 2.05) is 6.92 Å². The van der Waals surface area contributed by atoms with Crippen LogP contribution in [-0.4, -0.2) is 37.3 Å². The number of carbonyl (C=O) groups excluding carboxylic acids is 3. The van der Waals surface area contributed by atoms with Crippen LogP contribution in [0.3, 0.4) is 0 Å². The topological polar surface area (TPSA) is 127 Å². The van der Waals surface area contributed by atoms with Gasteiger partial charge in [0.2, 0.25) is 6.79 Å². The van der Waals surface area contributed by atoms with E-state index in [0.717, 1.165) is 0 Å². The fourth-order valence-electron chi connectivity index (χ4n) is 3.18. The third-order valence-electron chi connectivity index (χ3n) is 4.83. The molecular formula is C25H22N4O6. The number of anilines is 2. The molecule has 1 heterocycles. The van der Waals surface area contributed by atoms with E-state index < -0.39 is 17.7 Å². The molecule has 0 spiro atoms. The second kappa shape index (κ2) is 10.8. The molecule has 3 N–H and O–H groups in total. The van der Waals surface area contributed by atoms with E-state index >= 15 is 0 Å². The van der Waals surface area contributed by atoms with Crippen LogP contribution in [0.1, 0.15) is 22.8 Å². The van der Waals surface area contributed by atoms with Crippen molar-refractivity contribution in [2.24, 2.45) is 5.10 Å². The molecule has 0 aliphatic carbocycles. The Morgan fingerprint density at radius 2 is 1.71 bits per heavy atom.